The van der Waals surface area contributed by atoms with Crippen molar-refractivity contribution in [3.8, 4) is 0 Å². The van der Waals surface area contributed by atoms with Crippen LogP contribution < -0.4 is 5.32 Å². The lowest BCUT2D eigenvalue weighted by molar-refractivity contribution is -0.143. The van der Waals surface area contributed by atoms with Crippen LogP contribution in [-0.2, 0) is 14.3 Å². The summed E-state index contributed by atoms with van der Waals surface area (Å²) in [6.45, 7) is 13.0. The first-order valence-corrected chi connectivity index (χ1v) is 13.6. The molecule has 0 bridgehead atoms. The average molecular weight is 507 g/mol. The number of aliphatic hydroxyl groups excluding tert-OH is 2. The highest BCUT2D eigenvalue weighted by atomic mass is 32.1. The normalized spacial score (nSPS) is 37.5. The molecule has 0 spiro atoms. The molecule has 2 aliphatic rings. The van der Waals surface area contributed by atoms with Gasteiger partial charge in [-0.05, 0) is 51.2 Å². The average Bonchev–Trinajstić information content (AvgIpc) is 3.22. The maximum Gasteiger partial charge on any atom is 0.223 e. The molecule has 0 radical (unpaired) electrons. The summed E-state index contributed by atoms with van der Waals surface area (Å²) in [4.78, 5) is 30.8. The molecule has 7 nitrogen and oxygen atoms in total. The summed E-state index contributed by atoms with van der Waals surface area (Å²) >= 11 is 1.58. The lowest BCUT2D eigenvalue weighted by atomic mass is 9.72. The van der Waals surface area contributed by atoms with Crippen LogP contribution >= 0.6 is 11.3 Å². The number of aliphatic hydroxyl groups is 2. The molecule has 7 atom stereocenters. The minimum absolute atomic E-state index is 0.0170. The predicted molar refractivity (Wildman–Crippen MR) is 138 cm³/mol. The number of Topliss-reactive ketones (excluding diaryl/α,β-unsaturated/α-hetero) is 1. The number of thiazole rings is 1. The first kappa shape index (κ1) is 28.0. The summed E-state index contributed by atoms with van der Waals surface area (Å²) in [5.74, 6) is -1.24. The van der Waals surface area contributed by atoms with Crippen LogP contribution in [0.25, 0.3) is 6.08 Å². The Morgan fingerprint density at radius 2 is 1.94 bits per heavy atom. The monoisotopic (exact) mass is 506 g/mol. The number of hydrogen-bond donors (Lipinski definition) is 3. The van der Waals surface area contributed by atoms with Crippen LogP contribution in [0.15, 0.2) is 11.0 Å². The van der Waals surface area contributed by atoms with Crippen LogP contribution in [0, 0.1) is 24.2 Å². The number of aromatic nitrogens is 1. The van der Waals surface area contributed by atoms with Gasteiger partial charge in [0, 0.05) is 17.7 Å². The number of ketones is 1. The van der Waals surface area contributed by atoms with E-state index < -0.39 is 23.5 Å². The van der Waals surface area contributed by atoms with Crippen molar-refractivity contribution in [2.45, 2.75) is 111 Å². The fourth-order valence-corrected chi connectivity index (χ4v) is 5.76. The second kappa shape index (κ2) is 10.8. The van der Waals surface area contributed by atoms with E-state index in [2.05, 4.69) is 17.2 Å². The zero-order chi connectivity index (χ0) is 26.1. The molecule has 2 saturated heterocycles. The Labute approximate surface area is 213 Å². The molecule has 1 aromatic rings. The molecule has 1 aromatic heterocycles. The van der Waals surface area contributed by atoms with Crippen LogP contribution in [0.3, 0.4) is 0 Å². The molecule has 0 unspecified atom stereocenters. The number of epoxide rings is 1. The highest BCUT2D eigenvalue weighted by Crippen LogP contribution is 2.44. The van der Waals surface area contributed by atoms with Crippen LogP contribution in [-0.4, -0.2) is 56.8 Å². The third-order valence-electron chi connectivity index (χ3n) is 8.07. The van der Waals surface area contributed by atoms with Gasteiger partial charge in [0.15, 0.2) is 0 Å². The molecule has 1 amide bonds. The summed E-state index contributed by atoms with van der Waals surface area (Å²) in [6.07, 6.45) is 2.99. The Hall–Kier alpha value is -1.61. The van der Waals surface area contributed by atoms with Crippen LogP contribution in [0.5, 0.6) is 0 Å². The van der Waals surface area contributed by atoms with Gasteiger partial charge in [0.2, 0.25) is 5.91 Å². The summed E-state index contributed by atoms with van der Waals surface area (Å²) in [7, 11) is 0. The first-order valence-electron chi connectivity index (χ1n) is 12.7. The lowest BCUT2D eigenvalue weighted by Crippen LogP contribution is -2.47. The van der Waals surface area contributed by atoms with Crippen molar-refractivity contribution in [2.24, 2.45) is 17.3 Å². The maximum atomic E-state index is 13.2. The van der Waals surface area contributed by atoms with Gasteiger partial charge < -0.3 is 20.3 Å². The van der Waals surface area contributed by atoms with E-state index in [9.17, 15) is 19.8 Å². The van der Waals surface area contributed by atoms with Crippen molar-refractivity contribution < 1.29 is 24.5 Å². The summed E-state index contributed by atoms with van der Waals surface area (Å²) in [5, 5.41) is 27.8. The highest BCUT2D eigenvalue weighted by molar-refractivity contribution is 7.09. The smallest absolute Gasteiger partial charge is 0.223 e. The van der Waals surface area contributed by atoms with Crippen molar-refractivity contribution in [3.05, 3.63) is 21.7 Å². The number of nitrogens with one attached hydrogen (secondary N) is 1. The number of amides is 1. The molecule has 196 valence electrons. The Morgan fingerprint density at radius 1 is 1.26 bits per heavy atom. The van der Waals surface area contributed by atoms with Crippen molar-refractivity contribution in [2.75, 3.05) is 0 Å². The Kier molecular flexibility index (Phi) is 8.62. The number of fused-ring (bicyclic) bond motifs is 1. The van der Waals surface area contributed by atoms with E-state index in [1.165, 1.54) is 0 Å². The minimum Gasteiger partial charge on any atom is -0.392 e. The van der Waals surface area contributed by atoms with E-state index in [0.29, 0.717) is 6.42 Å². The van der Waals surface area contributed by atoms with Crippen molar-refractivity contribution in [1.82, 2.24) is 10.3 Å². The van der Waals surface area contributed by atoms with Gasteiger partial charge in [-0.25, -0.2) is 4.98 Å². The summed E-state index contributed by atoms with van der Waals surface area (Å²) in [6, 6.07) is -0.269. The molecular weight excluding hydrogens is 464 g/mol. The molecule has 8 heteroatoms. The van der Waals surface area contributed by atoms with Crippen molar-refractivity contribution >= 4 is 29.1 Å². The predicted octanol–water partition coefficient (Wildman–Crippen LogP) is 4.05. The third-order valence-corrected chi connectivity index (χ3v) is 8.86. The molecule has 2 fully saturated rings. The second-order valence-electron chi connectivity index (χ2n) is 11.4. The van der Waals surface area contributed by atoms with Gasteiger partial charge in [-0.1, -0.05) is 34.1 Å². The quantitative estimate of drug-likeness (QED) is 0.522. The second-order valence-corrected chi connectivity index (χ2v) is 12.5. The number of nitrogens with zero attached hydrogens (tertiary/aromatic N) is 1. The Morgan fingerprint density at radius 3 is 2.57 bits per heavy atom. The molecule has 3 rings (SSSR count). The van der Waals surface area contributed by atoms with E-state index in [1.54, 1.807) is 32.1 Å². The fraction of sp³-hybridized carbons (Fsp3) is 0.741. The molecule has 0 aromatic carbocycles. The van der Waals surface area contributed by atoms with E-state index in [4.69, 9.17) is 4.74 Å². The number of carbonyl (C=O) groups excluding carboxylic acids is 2. The molecule has 0 aliphatic carbocycles. The van der Waals surface area contributed by atoms with Crippen molar-refractivity contribution in [1.29, 1.82) is 0 Å². The van der Waals surface area contributed by atoms with E-state index in [1.807, 2.05) is 32.2 Å². The Bertz CT molecular complexity index is 957. The van der Waals surface area contributed by atoms with Gasteiger partial charge >= 0.3 is 0 Å². The van der Waals surface area contributed by atoms with Crippen LogP contribution in [0.2, 0.25) is 0 Å². The van der Waals surface area contributed by atoms with E-state index >= 15 is 0 Å². The van der Waals surface area contributed by atoms with E-state index in [0.717, 1.165) is 35.5 Å². The number of aryl methyl sites for hydroxylation is 1. The molecule has 3 heterocycles. The Balaban J connectivity index is 1.85. The lowest BCUT2D eigenvalue weighted by Gasteiger charge is -2.34. The van der Waals surface area contributed by atoms with Crippen LogP contribution in [0.1, 0.15) is 84.3 Å². The van der Waals surface area contributed by atoms with Crippen molar-refractivity contribution in [3.63, 3.8) is 0 Å². The largest absolute Gasteiger partial charge is 0.392 e. The number of hydrogen-bond acceptors (Lipinski definition) is 7. The van der Waals surface area contributed by atoms with Gasteiger partial charge in [0.25, 0.3) is 0 Å². The molecule has 3 N–H and O–H groups in total. The SMILES string of the molecule is C/C(=C\c1csc(C)n1)[C@@H]1C[C@@H]2O[C@]2(C)CCC[C@@H](C)[C@H](O)[C@@H](C)C(=O)C(C)(C)[C@@H](O)CC(=O)N1. The maximum absolute atomic E-state index is 13.2. The molecular formula is C27H42N2O5S. The van der Waals surface area contributed by atoms with Gasteiger partial charge in [0.1, 0.15) is 5.78 Å². The molecule has 35 heavy (non-hydrogen) atoms. The third kappa shape index (κ3) is 6.59. The van der Waals surface area contributed by atoms with Gasteiger partial charge in [-0.3, -0.25) is 9.59 Å². The zero-order valence-corrected chi connectivity index (χ0v) is 22.9. The summed E-state index contributed by atoms with van der Waals surface area (Å²) < 4.78 is 6.10. The number of carbonyl (C=O) groups is 2. The fourth-order valence-electron chi connectivity index (χ4n) is 5.19. The molecule has 2 aliphatic heterocycles. The van der Waals surface area contributed by atoms with Gasteiger partial charge in [-0.2, -0.15) is 0 Å². The summed E-state index contributed by atoms with van der Waals surface area (Å²) in [5.41, 5.74) is 0.410. The van der Waals surface area contributed by atoms with E-state index in [-0.39, 0.29) is 41.8 Å². The topological polar surface area (TPSA) is 112 Å². The standard InChI is InChI=1S/C27H42N2O5S/c1-15-9-8-10-27(7)22(34-27)12-20(16(2)11-19-14-35-18(4)28-19)29-23(31)13-21(30)26(5,6)25(33)17(3)24(15)32/h11,14-15,17,20-22,24,30,32H,8-10,12-13H2,1-7H3,(H,29,31)/b16-11+/t15-,17-,20+,21+,22+,24+,27-/m1/s1. The van der Waals surface area contributed by atoms with Gasteiger partial charge in [-0.15, -0.1) is 11.3 Å². The highest BCUT2D eigenvalue weighted by Gasteiger charge is 2.52. The first-order chi connectivity index (χ1) is 16.2. The number of ether oxygens (including phenoxy) is 1. The van der Waals surface area contributed by atoms with Crippen LogP contribution in [0.4, 0.5) is 0 Å². The minimum atomic E-state index is -1.17. The van der Waals surface area contributed by atoms with Gasteiger partial charge in [0.05, 0.1) is 52.5 Å². The molecule has 0 saturated carbocycles. The number of rotatable bonds is 2. The zero-order valence-electron chi connectivity index (χ0n) is 22.1.